The summed E-state index contributed by atoms with van der Waals surface area (Å²) in [6.45, 7) is 2.22. The number of methoxy groups -OCH3 is 1. The number of nitrogens with one attached hydrogen (secondary N) is 2. The molecule has 1 amide bonds. The van der Waals surface area contributed by atoms with Gasteiger partial charge in [-0.1, -0.05) is 0 Å². The highest BCUT2D eigenvalue weighted by molar-refractivity contribution is 5.94. The Bertz CT molecular complexity index is 371. The minimum Gasteiger partial charge on any atom is -0.383 e. The predicted molar refractivity (Wildman–Crippen MR) is 63.8 cm³/mol. The van der Waals surface area contributed by atoms with Gasteiger partial charge in [0.1, 0.15) is 0 Å². The van der Waals surface area contributed by atoms with Gasteiger partial charge in [-0.15, -0.1) is 0 Å². The summed E-state index contributed by atoms with van der Waals surface area (Å²) >= 11 is 0. The van der Waals surface area contributed by atoms with Crippen molar-refractivity contribution in [1.29, 1.82) is 0 Å². The summed E-state index contributed by atoms with van der Waals surface area (Å²) in [5.74, 6) is 0.0220. The first-order valence-corrected chi connectivity index (χ1v) is 5.85. The van der Waals surface area contributed by atoms with Crippen LogP contribution in [0.25, 0.3) is 0 Å². The standard InChI is InChI=1S/C11H18N4O2/c1-17-6-5-15-8-9(7-13-15)14-11(16)10-3-2-4-12-10/h7-8,10,12H,2-6H2,1H3,(H,14,16)/t10-/m0/s1. The lowest BCUT2D eigenvalue weighted by molar-refractivity contribution is -0.117. The second-order valence-corrected chi connectivity index (χ2v) is 4.12. The quantitative estimate of drug-likeness (QED) is 0.770. The molecular formula is C11H18N4O2. The monoisotopic (exact) mass is 238 g/mol. The minimum absolute atomic E-state index is 0.0220. The first-order chi connectivity index (χ1) is 8.29. The number of hydrogen-bond acceptors (Lipinski definition) is 4. The molecule has 0 unspecified atom stereocenters. The third-order valence-electron chi connectivity index (χ3n) is 2.80. The maximum Gasteiger partial charge on any atom is 0.241 e. The Morgan fingerprint density at radius 3 is 3.35 bits per heavy atom. The van der Waals surface area contributed by atoms with Crippen molar-refractivity contribution >= 4 is 11.6 Å². The summed E-state index contributed by atoms with van der Waals surface area (Å²) < 4.78 is 6.71. The molecular weight excluding hydrogens is 220 g/mol. The Balaban J connectivity index is 1.85. The molecule has 0 saturated carbocycles. The lowest BCUT2D eigenvalue weighted by atomic mass is 10.2. The van der Waals surface area contributed by atoms with Crippen molar-refractivity contribution in [2.75, 3.05) is 25.6 Å². The van der Waals surface area contributed by atoms with E-state index in [-0.39, 0.29) is 11.9 Å². The van der Waals surface area contributed by atoms with Crippen LogP contribution in [0.1, 0.15) is 12.8 Å². The highest BCUT2D eigenvalue weighted by Crippen LogP contribution is 2.10. The number of ether oxygens (including phenoxy) is 1. The third kappa shape index (κ3) is 3.28. The molecule has 6 heteroatoms. The van der Waals surface area contributed by atoms with Crippen LogP contribution in [0.4, 0.5) is 5.69 Å². The van der Waals surface area contributed by atoms with Crippen molar-refractivity contribution in [1.82, 2.24) is 15.1 Å². The second kappa shape index (κ2) is 5.79. The van der Waals surface area contributed by atoms with Crippen molar-refractivity contribution in [2.45, 2.75) is 25.4 Å². The van der Waals surface area contributed by atoms with Crippen LogP contribution in [-0.4, -0.2) is 42.0 Å². The van der Waals surface area contributed by atoms with Crippen LogP contribution in [0, 0.1) is 0 Å². The number of anilines is 1. The molecule has 2 N–H and O–H groups in total. The van der Waals surface area contributed by atoms with E-state index >= 15 is 0 Å². The van der Waals surface area contributed by atoms with Gasteiger partial charge in [0.2, 0.25) is 5.91 Å². The van der Waals surface area contributed by atoms with E-state index in [0.717, 1.165) is 25.1 Å². The Labute approximate surface area is 100 Å². The van der Waals surface area contributed by atoms with E-state index < -0.39 is 0 Å². The fourth-order valence-corrected chi connectivity index (χ4v) is 1.87. The van der Waals surface area contributed by atoms with E-state index in [1.54, 1.807) is 18.0 Å². The van der Waals surface area contributed by atoms with Gasteiger partial charge in [0.15, 0.2) is 0 Å². The number of aromatic nitrogens is 2. The number of nitrogens with zero attached hydrogens (tertiary/aromatic N) is 2. The summed E-state index contributed by atoms with van der Waals surface area (Å²) in [5.41, 5.74) is 0.736. The van der Waals surface area contributed by atoms with E-state index in [1.165, 1.54) is 0 Å². The van der Waals surface area contributed by atoms with Crippen LogP contribution >= 0.6 is 0 Å². The van der Waals surface area contributed by atoms with Gasteiger partial charge in [0.05, 0.1) is 31.1 Å². The number of hydrogen-bond donors (Lipinski definition) is 2. The van der Waals surface area contributed by atoms with Crippen LogP contribution in [0.2, 0.25) is 0 Å². The Kier molecular flexibility index (Phi) is 4.11. The largest absolute Gasteiger partial charge is 0.383 e. The molecule has 2 heterocycles. The van der Waals surface area contributed by atoms with Gasteiger partial charge >= 0.3 is 0 Å². The van der Waals surface area contributed by atoms with Crippen molar-refractivity contribution in [3.05, 3.63) is 12.4 Å². The number of amides is 1. The smallest absolute Gasteiger partial charge is 0.241 e. The molecule has 1 aliphatic heterocycles. The molecule has 2 rings (SSSR count). The number of carbonyl (C=O) groups is 1. The summed E-state index contributed by atoms with van der Waals surface area (Å²) in [6.07, 6.45) is 5.43. The van der Waals surface area contributed by atoms with Gasteiger partial charge in [0.25, 0.3) is 0 Å². The number of rotatable bonds is 5. The van der Waals surface area contributed by atoms with Crippen molar-refractivity contribution in [3.8, 4) is 0 Å². The molecule has 0 aromatic carbocycles. The molecule has 0 radical (unpaired) electrons. The van der Waals surface area contributed by atoms with Crippen molar-refractivity contribution in [2.24, 2.45) is 0 Å². The van der Waals surface area contributed by atoms with Gasteiger partial charge in [-0.3, -0.25) is 9.48 Å². The Morgan fingerprint density at radius 1 is 1.76 bits per heavy atom. The summed E-state index contributed by atoms with van der Waals surface area (Å²) in [7, 11) is 1.65. The average Bonchev–Trinajstić information content (AvgIpc) is 2.97. The molecule has 1 saturated heterocycles. The van der Waals surface area contributed by atoms with Crippen molar-refractivity contribution in [3.63, 3.8) is 0 Å². The highest BCUT2D eigenvalue weighted by atomic mass is 16.5. The maximum absolute atomic E-state index is 11.8. The first-order valence-electron chi connectivity index (χ1n) is 5.85. The van der Waals surface area contributed by atoms with E-state index in [4.69, 9.17) is 4.74 Å². The van der Waals surface area contributed by atoms with Crippen LogP contribution < -0.4 is 10.6 Å². The molecule has 17 heavy (non-hydrogen) atoms. The lowest BCUT2D eigenvalue weighted by Gasteiger charge is -2.08. The second-order valence-electron chi connectivity index (χ2n) is 4.12. The van der Waals surface area contributed by atoms with E-state index in [0.29, 0.717) is 13.2 Å². The zero-order valence-corrected chi connectivity index (χ0v) is 9.98. The third-order valence-corrected chi connectivity index (χ3v) is 2.80. The number of carbonyl (C=O) groups excluding carboxylic acids is 1. The van der Waals surface area contributed by atoms with E-state index in [1.807, 2.05) is 6.20 Å². The molecule has 1 fully saturated rings. The molecule has 1 aromatic heterocycles. The highest BCUT2D eigenvalue weighted by Gasteiger charge is 2.22. The van der Waals surface area contributed by atoms with E-state index in [2.05, 4.69) is 15.7 Å². The molecule has 0 bridgehead atoms. The summed E-state index contributed by atoms with van der Waals surface area (Å²) in [6, 6.07) is -0.0580. The maximum atomic E-state index is 11.8. The molecule has 0 aliphatic carbocycles. The normalized spacial score (nSPS) is 19.5. The van der Waals surface area contributed by atoms with Crippen LogP contribution in [0.15, 0.2) is 12.4 Å². The van der Waals surface area contributed by atoms with Gasteiger partial charge in [-0.25, -0.2) is 0 Å². The van der Waals surface area contributed by atoms with Gasteiger partial charge < -0.3 is 15.4 Å². The Morgan fingerprint density at radius 2 is 2.65 bits per heavy atom. The molecule has 1 aliphatic rings. The van der Waals surface area contributed by atoms with Crippen molar-refractivity contribution < 1.29 is 9.53 Å². The summed E-state index contributed by atoms with van der Waals surface area (Å²) in [4.78, 5) is 11.8. The fourth-order valence-electron chi connectivity index (χ4n) is 1.87. The average molecular weight is 238 g/mol. The fraction of sp³-hybridized carbons (Fsp3) is 0.636. The SMILES string of the molecule is COCCn1cc(NC(=O)[C@@H]2CCCN2)cn1. The summed E-state index contributed by atoms with van der Waals surface area (Å²) in [5, 5.41) is 10.1. The van der Waals surface area contributed by atoms with Crippen LogP contribution in [0.3, 0.4) is 0 Å². The predicted octanol–water partition coefficient (Wildman–Crippen LogP) is 0.220. The minimum atomic E-state index is -0.0580. The molecule has 0 spiro atoms. The van der Waals surface area contributed by atoms with Crippen LogP contribution in [0.5, 0.6) is 0 Å². The lowest BCUT2D eigenvalue weighted by Crippen LogP contribution is -2.35. The molecule has 1 atom stereocenters. The van der Waals surface area contributed by atoms with E-state index in [9.17, 15) is 4.79 Å². The zero-order chi connectivity index (χ0) is 12.1. The molecule has 94 valence electrons. The first kappa shape index (κ1) is 12.1. The van der Waals surface area contributed by atoms with Gasteiger partial charge in [-0.2, -0.15) is 5.10 Å². The molecule has 1 aromatic rings. The molecule has 6 nitrogen and oxygen atoms in total. The van der Waals surface area contributed by atoms with Crippen LogP contribution in [-0.2, 0) is 16.1 Å². The van der Waals surface area contributed by atoms with Gasteiger partial charge in [0, 0.05) is 13.3 Å². The Hall–Kier alpha value is -1.40. The topological polar surface area (TPSA) is 68.2 Å². The van der Waals surface area contributed by atoms with Gasteiger partial charge in [-0.05, 0) is 19.4 Å². The zero-order valence-electron chi connectivity index (χ0n) is 9.98.